The molecule has 49 heavy (non-hydrogen) atoms. The van der Waals surface area contributed by atoms with Gasteiger partial charge in [-0.2, -0.15) is 0 Å². The maximum Gasteiger partial charge on any atom is 0.270 e. The summed E-state index contributed by atoms with van der Waals surface area (Å²) in [5, 5.41) is 8.27. The van der Waals surface area contributed by atoms with Crippen LogP contribution in [0.25, 0.3) is 27.6 Å². The van der Waals surface area contributed by atoms with E-state index in [1.54, 1.807) is 58.4 Å². The van der Waals surface area contributed by atoms with Gasteiger partial charge < -0.3 is 29.2 Å². The first-order valence-electron chi connectivity index (χ1n) is 16.3. The number of methoxy groups -OCH3 is 2. The number of piperazine rings is 1. The van der Waals surface area contributed by atoms with Crippen molar-refractivity contribution in [1.29, 1.82) is 0 Å². The molecule has 5 heterocycles. The number of nitrogens with one attached hydrogen (secondary N) is 1. The standard InChI is InChI=1S/C36H37FN8O4.H2/c1-48-31-10-4-3-9-30(31)42-17-19-43(20-18-42)36(47)29-22-28-27(25-8-5-12-38-35(25)49-2)21-26(33(37)34(28)40-29)24-7-6-14-44(23-24)32(46)11-15-45-16-13-39-41-45;/h3-5,7-10,12-13,16,21-22,40H,6,11,14-15,17-20,23H2,1-2H3;1H. The van der Waals surface area contributed by atoms with E-state index in [-0.39, 0.29) is 31.7 Å². The van der Waals surface area contributed by atoms with E-state index in [2.05, 4.69) is 25.2 Å². The lowest BCUT2D eigenvalue weighted by Crippen LogP contribution is -2.49. The number of nitrogens with zero attached hydrogens (tertiary/aromatic N) is 7. The number of hydrogen-bond donors (Lipinski definition) is 1. The van der Waals surface area contributed by atoms with Crippen LogP contribution < -0.4 is 14.4 Å². The summed E-state index contributed by atoms with van der Waals surface area (Å²) in [5.41, 5.74) is 3.88. The van der Waals surface area contributed by atoms with Gasteiger partial charge in [-0.15, -0.1) is 5.10 Å². The van der Waals surface area contributed by atoms with E-state index in [4.69, 9.17) is 9.47 Å². The smallest absolute Gasteiger partial charge is 0.270 e. The van der Waals surface area contributed by atoms with Gasteiger partial charge in [0.2, 0.25) is 11.8 Å². The summed E-state index contributed by atoms with van der Waals surface area (Å²) in [6, 6.07) is 15.0. The predicted octanol–water partition coefficient (Wildman–Crippen LogP) is 4.89. The first-order valence-corrected chi connectivity index (χ1v) is 16.3. The Bertz CT molecular complexity index is 2020. The normalized spacial score (nSPS) is 15.0. The number of pyridine rings is 1. The Balaban J connectivity index is 0.00000432. The quantitative estimate of drug-likeness (QED) is 0.236. The van der Waals surface area contributed by atoms with Crippen LogP contribution >= 0.6 is 0 Å². The van der Waals surface area contributed by atoms with E-state index in [1.807, 2.05) is 36.4 Å². The molecule has 2 aliphatic rings. The van der Waals surface area contributed by atoms with E-state index in [9.17, 15) is 9.59 Å². The minimum absolute atomic E-state index is 0. The number of benzene rings is 2. The van der Waals surface area contributed by atoms with Crippen molar-refractivity contribution in [3.63, 3.8) is 0 Å². The van der Waals surface area contributed by atoms with Gasteiger partial charge in [-0.25, -0.2) is 9.37 Å². The molecule has 13 heteroatoms. The highest BCUT2D eigenvalue weighted by Crippen LogP contribution is 2.39. The molecule has 0 aliphatic carbocycles. The SMILES string of the molecule is COc1ccccc1N1CCN(C(=O)c2cc3c(-c4cccnc4OC)cc(C4=CCCN(C(=O)CCn5ccnn5)C4)c(F)c3[nH]2)CC1.[HH]. The molecule has 3 aromatic heterocycles. The number of hydrogen-bond acceptors (Lipinski definition) is 8. The molecule has 0 unspecified atom stereocenters. The molecule has 0 radical (unpaired) electrons. The average molecular weight is 667 g/mol. The van der Waals surface area contributed by atoms with E-state index < -0.39 is 5.82 Å². The Hall–Kier alpha value is -5.72. The van der Waals surface area contributed by atoms with Crippen molar-refractivity contribution < 1.29 is 24.9 Å². The van der Waals surface area contributed by atoms with Gasteiger partial charge in [-0.3, -0.25) is 14.3 Å². The number of H-pyrrole nitrogens is 1. The third-order valence-corrected chi connectivity index (χ3v) is 9.21. The highest BCUT2D eigenvalue weighted by atomic mass is 19.1. The minimum atomic E-state index is -0.482. The minimum Gasteiger partial charge on any atom is -0.495 e. The zero-order valence-electron chi connectivity index (χ0n) is 27.4. The highest BCUT2D eigenvalue weighted by molar-refractivity contribution is 6.05. The van der Waals surface area contributed by atoms with Gasteiger partial charge in [0.25, 0.3) is 5.91 Å². The molecule has 254 valence electrons. The van der Waals surface area contributed by atoms with Gasteiger partial charge in [-0.1, -0.05) is 23.4 Å². The van der Waals surface area contributed by atoms with Gasteiger partial charge in [0.1, 0.15) is 11.4 Å². The van der Waals surface area contributed by atoms with Crippen LogP contribution in [0.4, 0.5) is 10.1 Å². The molecule has 0 atom stereocenters. The Labute approximate surface area is 284 Å². The van der Waals surface area contributed by atoms with E-state index in [0.29, 0.717) is 84.9 Å². The zero-order chi connectivity index (χ0) is 33.9. The third kappa shape index (κ3) is 6.31. The molecule has 12 nitrogen and oxygen atoms in total. The van der Waals surface area contributed by atoms with Crippen LogP contribution in [0.5, 0.6) is 11.6 Å². The van der Waals surface area contributed by atoms with Gasteiger partial charge in [0.05, 0.1) is 38.2 Å². The van der Waals surface area contributed by atoms with E-state index >= 15 is 4.39 Å². The Morgan fingerprint density at radius 2 is 1.78 bits per heavy atom. The number of aryl methyl sites for hydroxylation is 1. The number of aromatic nitrogens is 5. The third-order valence-electron chi connectivity index (χ3n) is 9.21. The molecule has 2 amide bonds. The molecule has 1 N–H and O–H groups in total. The molecule has 1 saturated heterocycles. The Kier molecular flexibility index (Phi) is 8.97. The Morgan fingerprint density at radius 1 is 0.939 bits per heavy atom. The number of ether oxygens (including phenoxy) is 2. The number of para-hydroxylation sites is 2. The number of carbonyl (C=O) groups excluding carboxylic acids is 2. The van der Waals surface area contributed by atoms with Crippen molar-refractivity contribution in [3.8, 4) is 22.8 Å². The number of anilines is 1. The number of halogens is 1. The fourth-order valence-electron chi connectivity index (χ4n) is 6.67. The summed E-state index contributed by atoms with van der Waals surface area (Å²) >= 11 is 0. The second-order valence-corrected chi connectivity index (χ2v) is 12.0. The zero-order valence-corrected chi connectivity index (χ0v) is 27.4. The highest BCUT2D eigenvalue weighted by Gasteiger charge is 2.28. The van der Waals surface area contributed by atoms with Crippen LogP contribution in [0.1, 0.15) is 30.3 Å². The Morgan fingerprint density at radius 3 is 2.55 bits per heavy atom. The van der Waals surface area contributed by atoms with Crippen molar-refractivity contribution in [2.24, 2.45) is 0 Å². The van der Waals surface area contributed by atoms with Crippen LogP contribution in [0.15, 0.2) is 73.2 Å². The maximum absolute atomic E-state index is 16.6. The number of rotatable bonds is 9. The molecule has 5 aromatic rings. The summed E-state index contributed by atoms with van der Waals surface area (Å²) in [5.74, 6) is 0.433. The topological polar surface area (TPSA) is 122 Å². The van der Waals surface area contributed by atoms with Crippen LogP contribution in [-0.4, -0.2) is 100 Å². The number of fused-ring (bicyclic) bond motifs is 1. The van der Waals surface area contributed by atoms with Crippen molar-refractivity contribution in [1.82, 2.24) is 34.8 Å². The van der Waals surface area contributed by atoms with Crippen molar-refractivity contribution in [3.05, 3.63) is 90.3 Å². The van der Waals surface area contributed by atoms with Gasteiger partial charge in [-0.05, 0) is 54.0 Å². The fraction of sp³-hybridized carbons (Fsp3) is 0.306. The van der Waals surface area contributed by atoms with E-state index in [0.717, 1.165) is 11.4 Å². The lowest BCUT2D eigenvalue weighted by molar-refractivity contribution is -0.131. The van der Waals surface area contributed by atoms with Crippen LogP contribution in [-0.2, 0) is 11.3 Å². The predicted molar refractivity (Wildman–Crippen MR) is 185 cm³/mol. The largest absolute Gasteiger partial charge is 0.495 e. The molecule has 0 saturated carbocycles. The fourth-order valence-corrected chi connectivity index (χ4v) is 6.67. The summed E-state index contributed by atoms with van der Waals surface area (Å²) in [4.78, 5) is 40.3. The van der Waals surface area contributed by atoms with Crippen molar-refractivity contribution in [2.75, 3.05) is 58.4 Å². The molecule has 1 fully saturated rings. The molecule has 0 bridgehead atoms. The lowest BCUT2D eigenvalue weighted by atomic mass is 9.93. The molecule has 2 aromatic carbocycles. The number of carbonyl (C=O) groups is 2. The van der Waals surface area contributed by atoms with Crippen LogP contribution in [0.3, 0.4) is 0 Å². The summed E-state index contributed by atoms with van der Waals surface area (Å²) in [6.45, 7) is 3.46. The number of amides is 2. The summed E-state index contributed by atoms with van der Waals surface area (Å²) in [6.07, 6.45) is 7.74. The first kappa shape index (κ1) is 31.9. The summed E-state index contributed by atoms with van der Waals surface area (Å²) < 4.78 is 29.4. The second-order valence-electron chi connectivity index (χ2n) is 12.0. The summed E-state index contributed by atoms with van der Waals surface area (Å²) in [7, 11) is 3.19. The van der Waals surface area contributed by atoms with E-state index in [1.165, 1.54) is 7.11 Å². The maximum atomic E-state index is 16.6. The molecule has 7 rings (SSSR count). The first-order chi connectivity index (χ1) is 23.9. The van der Waals surface area contributed by atoms with Crippen LogP contribution in [0.2, 0.25) is 0 Å². The van der Waals surface area contributed by atoms with Gasteiger partial charge in [0, 0.05) is 76.0 Å². The van der Waals surface area contributed by atoms with Crippen molar-refractivity contribution >= 4 is 34.0 Å². The molecule has 0 spiro atoms. The monoisotopic (exact) mass is 666 g/mol. The number of aromatic amines is 1. The van der Waals surface area contributed by atoms with Gasteiger partial charge in [0.15, 0.2) is 5.82 Å². The molecular formula is C36H39FN8O4. The van der Waals surface area contributed by atoms with Crippen molar-refractivity contribution in [2.45, 2.75) is 19.4 Å². The van der Waals surface area contributed by atoms with Gasteiger partial charge >= 0.3 is 0 Å². The average Bonchev–Trinajstić information content (AvgIpc) is 3.85. The van der Waals surface area contributed by atoms with Crippen LogP contribution in [0, 0.1) is 5.82 Å². The lowest BCUT2D eigenvalue weighted by Gasteiger charge is -2.36. The second kappa shape index (κ2) is 13.8. The molecule has 2 aliphatic heterocycles. The molecular weight excluding hydrogens is 627 g/mol.